The number of benzene rings is 2. The lowest BCUT2D eigenvalue weighted by atomic mass is 9.97. The Kier molecular flexibility index (Phi) is 5.42. The molecule has 2 aromatic carbocycles. The number of sulfonamides is 1. The van der Waals surface area contributed by atoms with Crippen LogP contribution in [0.4, 0.5) is 5.13 Å². The van der Waals surface area contributed by atoms with Crippen LogP contribution >= 0.6 is 11.3 Å². The monoisotopic (exact) mass is 429 g/mol. The summed E-state index contributed by atoms with van der Waals surface area (Å²) in [5, 5.41) is 3.49. The minimum atomic E-state index is -3.54. The van der Waals surface area contributed by atoms with Crippen LogP contribution in [0.2, 0.25) is 0 Å². The number of nitrogens with one attached hydrogen (secondary N) is 1. The zero-order valence-corrected chi connectivity index (χ0v) is 18.0. The van der Waals surface area contributed by atoms with Gasteiger partial charge in [0.15, 0.2) is 5.13 Å². The number of hydrogen-bond acceptors (Lipinski definition) is 5. The fraction of sp³-hybridized carbons (Fsp3) is 0.333. The standard InChI is InChI=1S/C21H23N3O3S2/c1-14-7-8-17(13-15(14)2)29(26,27)24-11-9-16(10-12-24)20(25)23-21-22-18-5-3-4-6-19(18)28-21/h3-8,13,16H,9-12H2,1-2H3,(H,22,23,25). The van der Waals surface area contributed by atoms with Crippen molar-refractivity contribution in [2.45, 2.75) is 31.6 Å². The molecular weight excluding hydrogens is 406 g/mol. The molecule has 4 rings (SSSR count). The van der Waals surface area contributed by atoms with Crippen LogP contribution in [0.15, 0.2) is 47.4 Å². The number of hydrogen-bond donors (Lipinski definition) is 1. The van der Waals surface area contributed by atoms with Gasteiger partial charge in [-0.25, -0.2) is 13.4 Å². The van der Waals surface area contributed by atoms with Gasteiger partial charge in [-0.3, -0.25) is 4.79 Å². The van der Waals surface area contributed by atoms with Crippen LogP contribution < -0.4 is 5.32 Å². The number of piperidine rings is 1. The normalized spacial score (nSPS) is 16.2. The summed E-state index contributed by atoms with van der Waals surface area (Å²) in [6.45, 7) is 4.55. The molecule has 0 bridgehead atoms. The zero-order chi connectivity index (χ0) is 20.6. The second-order valence-corrected chi connectivity index (χ2v) is 10.4. The van der Waals surface area contributed by atoms with Gasteiger partial charge in [-0.1, -0.05) is 29.5 Å². The summed E-state index contributed by atoms with van der Waals surface area (Å²) >= 11 is 1.44. The molecule has 29 heavy (non-hydrogen) atoms. The lowest BCUT2D eigenvalue weighted by molar-refractivity contribution is -0.120. The van der Waals surface area contributed by atoms with Gasteiger partial charge in [0.1, 0.15) is 0 Å². The highest BCUT2D eigenvalue weighted by Gasteiger charge is 2.32. The number of aromatic nitrogens is 1. The van der Waals surface area contributed by atoms with E-state index in [9.17, 15) is 13.2 Å². The Morgan fingerprint density at radius 1 is 1.10 bits per heavy atom. The molecule has 2 heterocycles. The molecular formula is C21H23N3O3S2. The number of thiazole rings is 1. The Morgan fingerprint density at radius 2 is 1.83 bits per heavy atom. The van der Waals surface area contributed by atoms with Crippen molar-refractivity contribution in [3.63, 3.8) is 0 Å². The summed E-state index contributed by atoms with van der Waals surface area (Å²) in [7, 11) is -3.54. The van der Waals surface area contributed by atoms with Crippen LogP contribution in [0, 0.1) is 19.8 Å². The van der Waals surface area contributed by atoms with Gasteiger partial charge in [0.05, 0.1) is 15.1 Å². The first-order valence-corrected chi connectivity index (χ1v) is 11.8. The molecule has 0 aliphatic carbocycles. The molecule has 6 nitrogen and oxygen atoms in total. The number of nitrogens with zero attached hydrogens (tertiary/aromatic N) is 2. The summed E-state index contributed by atoms with van der Waals surface area (Å²) in [5.74, 6) is -0.305. The third-order valence-corrected chi connectivity index (χ3v) is 8.31. The second kappa shape index (κ2) is 7.85. The Morgan fingerprint density at radius 3 is 2.52 bits per heavy atom. The summed E-state index contributed by atoms with van der Waals surface area (Å²) in [6.07, 6.45) is 1.00. The van der Waals surface area contributed by atoms with Crippen molar-refractivity contribution in [2.75, 3.05) is 18.4 Å². The summed E-state index contributed by atoms with van der Waals surface area (Å²) < 4.78 is 28.4. The van der Waals surface area contributed by atoms with E-state index in [1.165, 1.54) is 15.6 Å². The Hall–Kier alpha value is -2.29. The fourth-order valence-corrected chi connectivity index (χ4v) is 5.94. The number of fused-ring (bicyclic) bond motifs is 1. The molecule has 1 aromatic heterocycles. The third-order valence-electron chi connectivity index (χ3n) is 5.46. The maximum atomic E-state index is 12.9. The highest BCUT2D eigenvalue weighted by atomic mass is 32.2. The van der Waals surface area contributed by atoms with Crippen LogP contribution in [-0.2, 0) is 14.8 Å². The predicted molar refractivity (Wildman–Crippen MR) is 116 cm³/mol. The number of rotatable bonds is 4. The molecule has 1 N–H and O–H groups in total. The van der Waals surface area contributed by atoms with Crippen molar-refractivity contribution in [2.24, 2.45) is 5.92 Å². The van der Waals surface area contributed by atoms with E-state index in [-0.39, 0.29) is 11.8 Å². The van der Waals surface area contributed by atoms with E-state index in [1.54, 1.807) is 12.1 Å². The first-order valence-electron chi connectivity index (χ1n) is 9.58. The van der Waals surface area contributed by atoms with E-state index >= 15 is 0 Å². The highest BCUT2D eigenvalue weighted by Crippen LogP contribution is 2.28. The number of carbonyl (C=O) groups is 1. The zero-order valence-electron chi connectivity index (χ0n) is 16.4. The first-order chi connectivity index (χ1) is 13.8. The van der Waals surface area contributed by atoms with Gasteiger partial charge in [0, 0.05) is 19.0 Å². The average Bonchev–Trinajstić information content (AvgIpc) is 3.12. The van der Waals surface area contributed by atoms with E-state index in [4.69, 9.17) is 0 Å². The van der Waals surface area contributed by atoms with Crippen LogP contribution in [0.25, 0.3) is 10.2 Å². The summed E-state index contributed by atoms with van der Waals surface area (Å²) in [5.41, 5.74) is 2.88. The van der Waals surface area contributed by atoms with Crippen molar-refractivity contribution in [3.8, 4) is 0 Å². The summed E-state index contributed by atoms with van der Waals surface area (Å²) in [6, 6.07) is 13.0. The van der Waals surface area contributed by atoms with E-state index in [0.29, 0.717) is 36.0 Å². The van der Waals surface area contributed by atoms with Crippen molar-refractivity contribution in [1.82, 2.24) is 9.29 Å². The molecule has 152 valence electrons. The molecule has 0 atom stereocenters. The second-order valence-electron chi connectivity index (χ2n) is 7.40. The lowest BCUT2D eigenvalue weighted by Gasteiger charge is -2.30. The molecule has 0 unspecified atom stereocenters. The number of amides is 1. The molecule has 0 radical (unpaired) electrons. The van der Waals surface area contributed by atoms with Crippen LogP contribution in [0.5, 0.6) is 0 Å². The Balaban J connectivity index is 1.40. The largest absolute Gasteiger partial charge is 0.302 e. The van der Waals surface area contributed by atoms with Crippen molar-refractivity contribution < 1.29 is 13.2 Å². The van der Waals surface area contributed by atoms with Gasteiger partial charge < -0.3 is 5.32 Å². The van der Waals surface area contributed by atoms with E-state index < -0.39 is 10.0 Å². The minimum absolute atomic E-state index is 0.0905. The van der Waals surface area contributed by atoms with Crippen molar-refractivity contribution in [3.05, 3.63) is 53.6 Å². The number of para-hydroxylation sites is 1. The number of anilines is 1. The van der Waals surface area contributed by atoms with Crippen LogP contribution in [0.1, 0.15) is 24.0 Å². The molecule has 1 saturated heterocycles. The third kappa shape index (κ3) is 4.05. The fourth-order valence-electron chi connectivity index (χ4n) is 3.51. The Labute approximate surface area is 174 Å². The highest BCUT2D eigenvalue weighted by molar-refractivity contribution is 7.89. The summed E-state index contributed by atoms with van der Waals surface area (Å²) in [4.78, 5) is 17.4. The maximum absolute atomic E-state index is 12.9. The quantitative estimate of drug-likeness (QED) is 0.681. The van der Waals surface area contributed by atoms with Gasteiger partial charge in [-0.05, 0) is 62.1 Å². The number of aryl methyl sites for hydroxylation is 2. The topological polar surface area (TPSA) is 79.4 Å². The van der Waals surface area contributed by atoms with Crippen LogP contribution in [-0.4, -0.2) is 36.7 Å². The van der Waals surface area contributed by atoms with E-state index in [2.05, 4.69) is 10.3 Å². The van der Waals surface area contributed by atoms with Crippen molar-refractivity contribution in [1.29, 1.82) is 0 Å². The average molecular weight is 430 g/mol. The van der Waals surface area contributed by atoms with E-state index in [0.717, 1.165) is 21.3 Å². The van der Waals surface area contributed by atoms with E-state index in [1.807, 2.05) is 44.2 Å². The maximum Gasteiger partial charge on any atom is 0.243 e. The van der Waals surface area contributed by atoms with Gasteiger partial charge in [-0.15, -0.1) is 0 Å². The molecule has 8 heteroatoms. The van der Waals surface area contributed by atoms with Gasteiger partial charge in [0.25, 0.3) is 0 Å². The molecule has 1 aliphatic heterocycles. The van der Waals surface area contributed by atoms with Crippen LogP contribution in [0.3, 0.4) is 0 Å². The first kappa shape index (κ1) is 20.0. The SMILES string of the molecule is Cc1ccc(S(=O)(=O)N2CCC(C(=O)Nc3nc4ccccc4s3)CC2)cc1C. The predicted octanol–water partition coefficient (Wildman–Crippen LogP) is 3.95. The van der Waals surface area contributed by atoms with Gasteiger partial charge >= 0.3 is 0 Å². The number of carbonyl (C=O) groups excluding carboxylic acids is 1. The molecule has 1 amide bonds. The van der Waals surface area contributed by atoms with Gasteiger partial charge in [-0.2, -0.15) is 4.31 Å². The smallest absolute Gasteiger partial charge is 0.243 e. The minimum Gasteiger partial charge on any atom is -0.302 e. The molecule has 0 spiro atoms. The molecule has 0 saturated carbocycles. The van der Waals surface area contributed by atoms with Crippen molar-refractivity contribution >= 4 is 42.6 Å². The molecule has 3 aromatic rings. The molecule has 1 fully saturated rings. The lowest BCUT2D eigenvalue weighted by Crippen LogP contribution is -2.41. The Bertz CT molecular complexity index is 1130. The van der Waals surface area contributed by atoms with Gasteiger partial charge in [0.2, 0.25) is 15.9 Å². The molecule has 1 aliphatic rings.